The first-order valence-electron chi connectivity index (χ1n) is 1.57. The van der Waals surface area contributed by atoms with Crippen molar-refractivity contribution in [1.82, 2.24) is 5.32 Å². The first-order valence-corrected chi connectivity index (χ1v) is 1.57. The van der Waals surface area contributed by atoms with Crippen molar-refractivity contribution in [2.75, 3.05) is 14.2 Å². The molecule has 4 heteroatoms. The predicted octanol–water partition coefficient (Wildman–Crippen LogP) is -2.91. The third-order valence-electron chi connectivity index (χ3n) is 0.390. The molecule has 0 aliphatic carbocycles. The number of carbonyl (C=O) groups excluding carboxylic acids is 1. The molecule has 0 aromatic heterocycles. The molecule has 1 amide bonds. The van der Waals surface area contributed by atoms with Gasteiger partial charge in [0.05, 0.1) is 7.11 Å². The van der Waals surface area contributed by atoms with Crippen LogP contribution >= 0.6 is 0 Å². The van der Waals surface area contributed by atoms with E-state index in [1.54, 1.807) is 0 Å². The largest absolute Gasteiger partial charge is 1.00 e. The molecule has 0 aromatic rings. The summed E-state index contributed by atoms with van der Waals surface area (Å²) < 4.78 is 4.15. The number of amides is 1. The Morgan fingerprint density at radius 2 is 2.29 bits per heavy atom. The Balaban J connectivity index is -0.000000125. The maximum atomic E-state index is 9.85. The molecule has 0 saturated carbocycles. The van der Waals surface area contributed by atoms with Crippen LogP contribution in [0.3, 0.4) is 0 Å². The Bertz CT molecular complexity index is 55.2. The van der Waals surface area contributed by atoms with Gasteiger partial charge in [-0.15, -0.1) is 0 Å². The third-order valence-corrected chi connectivity index (χ3v) is 0.390. The molecule has 0 aliphatic heterocycles. The summed E-state index contributed by atoms with van der Waals surface area (Å²) in [5.74, 6) is 0. The number of methoxy groups -OCH3 is 1. The maximum Gasteiger partial charge on any atom is 1.00 e. The molecule has 0 bridgehead atoms. The Morgan fingerprint density at radius 3 is 2.29 bits per heavy atom. The van der Waals surface area contributed by atoms with Gasteiger partial charge in [0, 0.05) is 7.05 Å². The summed E-state index contributed by atoms with van der Waals surface area (Å²) >= 11 is 0. The van der Waals surface area contributed by atoms with E-state index in [2.05, 4.69) is 10.1 Å². The van der Waals surface area contributed by atoms with Crippen LogP contribution in [0.1, 0.15) is 1.43 Å². The average molecular weight is 129 g/mol. The molecule has 0 aliphatic rings. The first kappa shape index (κ1) is 10.8. The van der Waals surface area contributed by atoms with E-state index in [9.17, 15) is 4.79 Å². The second-order valence-corrected chi connectivity index (χ2v) is 0.742. The van der Waals surface area contributed by atoms with Crippen LogP contribution in [0, 0.1) is 0 Å². The smallest absolute Gasteiger partial charge is 1.00 e. The van der Waals surface area contributed by atoms with E-state index in [0.29, 0.717) is 0 Å². The SMILES string of the molecule is CNC(=O)OC.[H-].[K+]. The molecule has 0 heterocycles. The number of hydrogen-bond acceptors (Lipinski definition) is 2. The van der Waals surface area contributed by atoms with E-state index in [1.165, 1.54) is 14.2 Å². The van der Waals surface area contributed by atoms with Crippen molar-refractivity contribution >= 4 is 6.09 Å². The van der Waals surface area contributed by atoms with Crippen LogP contribution in [-0.2, 0) is 4.74 Å². The number of carbonyl (C=O) groups is 1. The van der Waals surface area contributed by atoms with Gasteiger partial charge in [-0.25, -0.2) is 4.79 Å². The van der Waals surface area contributed by atoms with Crippen molar-refractivity contribution in [2.45, 2.75) is 0 Å². The molecular weight excluding hydrogens is 121 g/mol. The summed E-state index contributed by atoms with van der Waals surface area (Å²) in [6, 6.07) is 0. The Morgan fingerprint density at radius 1 is 1.86 bits per heavy atom. The molecule has 0 saturated heterocycles. The van der Waals surface area contributed by atoms with Gasteiger partial charge in [-0.05, 0) is 0 Å². The zero-order valence-electron chi connectivity index (χ0n) is 5.82. The molecule has 0 aromatic carbocycles. The molecule has 0 spiro atoms. The van der Waals surface area contributed by atoms with Crippen LogP contribution in [0.15, 0.2) is 0 Å². The Kier molecular flexibility index (Phi) is 10.7. The van der Waals surface area contributed by atoms with Crippen LogP contribution in [0.2, 0.25) is 0 Å². The molecule has 0 fully saturated rings. The van der Waals surface area contributed by atoms with Crippen molar-refractivity contribution in [2.24, 2.45) is 0 Å². The zero-order chi connectivity index (χ0) is 4.99. The fourth-order valence-electron chi connectivity index (χ4n) is 0.102. The number of hydrogen-bond donors (Lipinski definition) is 1. The molecule has 38 valence electrons. The van der Waals surface area contributed by atoms with E-state index in [4.69, 9.17) is 0 Å². The quantitative estimate of drug-likeness (QED) is 0.356. The second-order valence-electron chi connectivity index (χ2n) is 0.742. The van der Waals surface area contributed by atoms with Gasteiger partial charge >= 0.3 is 57.5 Å². The van der Waals surface area contributed by atoms with Crippen molar-refractivity contribution in [3.63, 3.8) is 0 Å². The van der Waals surface area contributed by atoms with Crippen LogP contribution in [0.25, 0.3) is 0 Å². The topological polar surface area (TPSA) is 38.3 Å². The summed E-state index contributed by atoms with van der Waals surface area (Å²) in [5.41, 5.74) is 0. The third kappa shape index (κ3) is 6.91. The van der Waals surface area contributed by atoms with Crippen molar-refractivity contribution in [3.05, 3.63) is 0 Å². The molecule has 1 N–H and O–H groups in total. The van der Waals surface area contributed by atoms with E-state index < -0.39 is 6.09 Å². The van der Waals surface area contributed by atoms with E-state index >= 15 is 0 Å². The van der Waals surface area contributed by atoms with Gasteiger partial charge in [0.2, 0.25) is 0 Å². The number of rotatable bonds is 0. The van der Waals surface area contributed by atoms with Crippen LogP contribution in [-0.4, -0.2) is 20.3 Å². The monoisotopic (exact) mass is 129 g/mol. The first-order chi connectivity index (χ1) is 2.81. The minimum absolute atomic E-state index is 0. The van der Waals surface area contributed by atoms with Gasteiger partial charge < -0.3 is 11.5 Å². The van der Waals surface area contributed by atoms with Gasteiger partial charge in [0.1, 0.15) is 0 Å². The summed E-state index contributed by atoms with van der Waals surface area (Å²) in [7, 11) is 2.82. The number of nitrogens with one attached hydrogen (secondary N) is 1. The van der Waals surface area contributed by atoms with Gasteiger partial charge in [-0.2, -0.15) is 0 Å². The summed E-state index contributed by atoms with van der Waals surface area (Å²) in [5, 5.41) is 2.25. The number of alkyl carbamates (subject to hydrolysis) is 1. The minimum Gasteiger partial charge on any atom is -1.00 e. The van der Waals surface area contributed by atoms with Crippen molar-refractivity contribution in [1.29, 1.82) is 0 Å². The molecule has 0 radical (unpaired) electrons. The Labute approximate surface area is 86.7 Å². The fraction of sp³-hybridized carbons (Fsp3) is 0.667. The zero-order valence-corrected chi connectivity index (χ0v) is 7.94. The molecular formula is C3H8KNO2. The van der Waals surface area contributed by atoms with E-state index in [-0.39, 0.29) is 52.8 Å². The summed E-state index contributed by atoms with van der Waals surface area (Å²) in [6.45, 7) is 0. The minimum atomic E-state index is -0.407. The Hall–Kier alpha value is 0.906. The normalized spacial score (nSPS) is 6.00. The van der Waals surface area contributed by atoms with E-state index in [0.717, 1.165) is 0 Å². The molecule has 7 heavy (non-hydrogen) atoms. The fourth-order valence-corrected chi connectivity index (χ4v) is 0.102. The van der Waals surface area contributed by atoms with Crippen molar-refractivity contribution < 1.29 is 62.3 Å². The predicted molar refractivity (Wildman–Crippen MR) is 22.6 cm³/mol. The average Bonchev–Trinajstić information content (AvgIpc) is 1.65. The molecule has 0 atom stereocenters. The summed E-state index contributed by atoms with van der Waals surface area (Å²) in [6.07, 6.45) is -0.407. The molecule has 3 nitrogen and oxygen atoms in total. The molecule has 0 unspecified atom stereocenters. The number of ether oxygens (including phenoxy) is 1. The van der Waals surface area contributed by atoms with Gasteiger partial charge in [-0.3, -0.25) is 0 Å². The van der Waals surface area contributed by atoms with E-state index in [1.807, 2.05) is 0 Å². The summed E-state index contributed by atoms with van der Waals surface area (Å²) in [4.78, 5) is 9.85. The van der Waals surface area contributed by atoms with Gasteiger partial charge in [0.25, 0.3) is 0 Å². The second kappa shape index (κ2) is 6.91. The molecule has 0 rings (SSSR count). The maximum absolute atomic E-state index is 9.85. The van der Waals surface area contributed by atoms with Crippen molar-refractivity contribution in [3.8, 4) is 0 Å². The van der Waals surface area contributed by atoms with Crippen LogP contribution in [0.4, 0.5) is 4.79 Å². The van der Waals surface area contributed by atoms with Gasteiger partial charge in [-0.1, -0.05) is 0 Å². The van der Waals surface area contributed by atoms with Crippen LogP contribution in [0.5, 0.6) is 0 Å². The standard InChI is InChI=1S/C3H7NO2.K.H/c1-4-3(5)6-2;;/h1-2H3,(H,4,5);;/q;+1;-1. The van der Waals surface area contributed by atoms with Crippen LogP contribution < -0.4 is 56.7 Å². The van der Waals surface area contributed by atoms with Gasteiger partial charge in [0.15, 0.2) is 0 Å².